The van der Waals surface area contributed by atoms with E-state index in [0.717, 1.165) is 41.9 Å². The van der Waals surface area contributed by atoms with Crippen molar-refractivity contribution in [1.82, 2.24) is 29.7 Å². The zero-order chi connectivity index (χ0) is 27.6. The number of H-pyrrole nitrogens is 1. The van der Waals surface area contributed by atoms with E-state index in [1.54, 1.807) is 6.07 Å². The van der Waals surface area contributed by atoms with Crippen molar-refractivity contribution in [3.8, 4) is 22.9 Å². The maximum Gasteiger partial charge on any atom is 0.439 e. The predicted molar refractivity (Wildman–Crippen MR) is 153 cm³/mol. The Balaban J connectivity index is 1.54. The average Bonchev–Trinajstić information content (AvgIpc) is 3.56. The normalized spacial score (nSPS) is 18.2. The van der Waals surface area contributed by atoms with Crippen LogP contribution < -0.4 is 11.1 Å². The largest absolute Gasteiger partial charge is 0.439 e. The molecule has 6 rings (SSSR count). The standard InChI is InChI=1S/C29H30ClN7O3/c1-17-10-12-18(13-11-17)15-37-24-23(20-8-5-9-21(30)14-20)32-26(27-35-29(39)40-36-27)33-25(24)34-28(37)31-22(16-38)19-6-3-2-4-7-19/h2-9,14,17-18,22,38H,10-13,15-16H2,1H3,(H,35,36,39)(H,31,32,33,34)/t17?,18?,22-/m0/s1. The smallest absolute Gasteiger partial charge is 0.394 e. The lowest BCUT2D eigenvalue weighted by Crippen LogP contribution is -2.22. The molecule has 0 bridgehead atoms. The van der Waals surface area contributed by atoms with Crippen molar-refractivity contribution in [2.45, 2.75) is 45.2 Å². The molecular formula is C29H30ClN7O3. The fraction of sp³-hybridized carbons (Fsp3) is 0.345. The van der Waals surface area contributed by atoms with Gasteiger partial charge in [-0.05, 0) is 42.4 Å². The number of benzene rings is 2. The molecule has 0 saturated heterocycles. The van der Waals surface area contributed by atoms with Crippen molar-refractivity contribution < 1.29 is 9.63 Å². The molecule has 0 aliphatic heterocycles. The highest BCUT2D eigenvalue weighted by Gasteiger charge is 2.26. The number of anilines is 1. The first kappa shape index (κ1) is 26.2. The number of aromatic nitrogens is 6. The van der Waals surface area contributed by atoms with Gasteiger partial charge < -0.3 is 15.0 Å². The van der Waals surface area contributed by atoms with Gasteiger partial charge in [0.15, 0.2) is 5.65 Å². The lowest BCUT2D eigenvalue weighted by Gasteiger charge is -2.28. The lowest BCUT2D eigenvalue weighted by atomic mass is 9.83. The fourth-order valence-electron chi connectivity index (χ4n) is 5.44. The summed E-state index contributed by atoms with van der Waals surface area (Å²) in [5.41, 5.74) is 3.50. The molecule has 1 aliphatic carbocycles. The molecule has 1 atom stereocenters. The average molecular weight is 560 g/mol. The summed E-state index contributed by atoms with van der Waals surface area (Å²) in [5.74, 6) is 1.35. The zero-order valence-electron chi connectivity index (χ0n) is 22.0. The van der Waals surface area contributed by atoms with E-state index in [0.29, 0.717) is 28.2 Å². The third-order valence-electron chi connectivity index (χ3n) is 7.62. The highest BCUT2D eigenvalue weighted by atomic mass is 35.5. The summed E-state index contributed by atoms with van der Waals surface area (Å²) in [6, 6.07) is 16.8. The number of aromatic amines is 1. The van der Waals surface area contributed by atoms with Crippen LogP contribution in [0.25, 0.3) is 34.1 Å². The summed E-state index contributed by atoms with van der Waals surface area (Å²) < 4.78 is 6.85. The van der Waals surface area contributed by atoms with Gasteiger partial charge in [0, 0.05) is 17.1 Å². The van der Waals surface area contributed by atoms with Crippen LogP contribution in [0.4, 0.5) is 5.95 Å². The van der Waals surface area contributed by atoms with Crippen LogP contribution in [0.15, 0.2) is 63.9 Å². The summed E-state index contributed by atoms with van der Waals surface area (Å²) in [4.78, 5) is 28.7. The summed E-state index contributed by atoms with van der Waals surface area (Å²) in [6.07, 6.45) is 4.61. The molecule has 10 nitrogen and oxygen atoms in total. The van der Waals surface area contributed by atoms with E-state index >= 15 is 0 Å². The molecule has 1 aliphatic rings. The molecule has 2 aromatic carbocycles. The van der Waals surface area contributed by atoms with Crippen LogP contribution in [0, 0.1) is 11.8 Å². The SMILES string of the molecule is CC1CCC(Cn2c(N[C@@H](CO)c3ccccc3)nc3nc(-c4noc(=O)[nH]4)nc(-c4cccc(Cl)c4)c32)CC1. The third-order valence-corrected chi connectivity index (χ3v) is 7.85. The summed E-state index contributed by atoms with van der Waals surface area (Å²) >= 11 is 6.39. The van der Waals surface area contributed by atoms with Crippen molar-refractivity contribution in [3.63, 3.8) is 0 Å². The maximum atomic E-state index is 11.7. The number of fused-ring (bicyclic) bond motifs is 1. The van der Waals surface area contributed by atoms with Gasteiger partial charge in [-0.25, -0.2) is 14.8 Å². The molecule has 0 amide bonds. The number of aliphatic hydroxyl groups is 1. The van der Waals surface area contributed by atoms with Gasteiger partial charge >= 0.3 is 5.76 Å². The molecule has 3 N–H and O–H groups in total. The first-order valence-electron chi connectivity index (χ1n) is 13.5. The van der Waals surface area contributed by atoms with Crippen molar-refractivity contribution >= 4 is 28.7 Å². The molecular weight excluding hydrogens is 530 g/mol. The zero-order valence-corrected chi connectivity index (χ0v) is 22.8. The molecule has 0 spiro atoms. The summed E-state index contributed by atoms with van der Waals surface area (Å²) in [5, 5.41) is 18.2. The first-order chi connectivity index (χ1) is 19.5. The summed E-state index contributed by atoms with van der Waals surface area (Å²) in [7, 11) is 0. The molecule has 0 radical (unpaired) electrons. The van der Waals surface area contributed by atoms with Crippen molar-refractivity contribution in [3.05, 3.63) is 75.7 Å². The van der Waals surface area contributed by atoms with E-state index in [1.807, 2.05) is 48.5 Å². The Labute approximate surface area is 235 Å². The molecule has 3 aromatic heterocycles. The highest BCUT2D eigenvalue weighted by Crippen LogP contribution is 2.36. The van der Waals surface area contributed by atoms with E-state index in [2.05, 4.69) is 31.9 Å². The number of imidazole rings is 1. The predicted octanol–water partition coefficient (Wildman–Crippen LogP) is 5.46. The van der Waals surface area contributed by atoms with Gasteiger partial charge in [-0.1, -0.05) is 79.0 Å². The second kappa shape index (κ2) is 11.2. The van der Waals surface area contributed by atoms with Crippen LogP contribution >= 0.6 is 11.6 Å². The molecule has 5 aromatic rings. The van der Waals surface area contributed by atoms with Gasteiger partial charge in [-0.3, -0.25) is 9.51 Å². The van der Waals surface area contributed by atoms with E-state index in [9.17, 15) is 9.90 Å². The van der Waals surface area contributed by atoms with E-state index in [4.69, 9.17) is 26.1 Å². The monoisotopic (exact) mass is 559 g/mol. The second-order valence-corrected chi connectivity index (χ2v) is 10.9. The number of nitrogens with one attached hydrogen (secondary N) is 2. The molecule has 11 heteroatoms. The molecule has 3 heterocycles. The van der Waals surface area contributed by atoms with E-state index in [1.165, 1.54) is 12.8 Å². The fourth-order valence-corrected chi connectivity index (χ4v) is 5.63. The Morgan fingerprint density at radius 3 is 2.60 bits per heavy atom. The molecule has 0 unspecified atom stereocenters. The number of rotatable bonds is 8. The quantitative estimate of drug-likeness (QED) is 0.228. The number of nitrogens with zero attached hydrogens (tertiary/aromatic N) is 5. The number of hydrogen-bond donors (Lipinski definition) is 3. The minimum absolute atomic E-state index is 0.109. The molecule has 1 saturated carbocycles. The topological polar surface area (TPSA) is 135 Å². The van der Waals surface area contributed by atoms with E-state index in [-0.39, 0.29) is 24.3 Å². The van der Waals surface area contributed by atoms with Gasteiger partial charge in [0.1, 0.15) is 11.2 Å². The second-order valence-electron chi connectivity index (χ2n) is 10.5. The molecule has 40 heavy (non-hydrogen) atoms. The van der Waals surface area contributed by atoms with Gasteiger partial charge in [-0.2, -0.15) is 4.98 Å². The van der Waals surface area contributed by atoms with Crippen LogP contribution in [0.2, 0.25) is 5.02 Å². The van der Waals surface area contributed by atoms with E-state index < -0.39 is 5.76 Å². The van der Waals surface area contributed by atoms with Crippen molar-refractivity contribution in [2.24, 2.45) is 11.8 Å². The van der Waals surface area contributed by atoms with Gasteiger partial charge in [0.05, 0.1) is 12.6 Å². The molecule has 206 valence electrons. The van der Waals surface area contributed by atoms with Crippen molar-refractivity contribution in [2.75, 3.05) is 11.9 Å². The number of halogens is 1. The Morgan fingerprint density at radius 2 is 1.90 bits per heavy atom. The third kappa shape index (κ3) is 5.37. The summed E-state index contributed by atoms with van der Waals surface area (Å²) in [6.45, 7) is 2.91. The minimum atomic E-state index is -0.698. The highest BCUT2D eigenvalue weighted by molar-refractivity contribution is 6.30. The maximum absolute atomic E-state index is 11.7. The van der Waals surface area contributed by atoms with Crippen LogP contribution in [0.3, 0.4) is 0 Å². The Bertz CT molecular complexity index is 1670. The Morgan fingerprint density at radius 1 is 1.10 bits per heavy atom. The first-order valence-corrected chi connectivity index (χ1v) is 13.9. The van der Waals surface area contributed by atoms with Crippen LogP contribution in [0.5, 0.6) is 0 Å². The van der Waals surface area contributed by atoms with Crippen molar-refractivity contribution in [1.29, 1.82) is 0 Å². The Hall–Kier alpha value is -4.02. The lowest BCUT2D eigenvalue weighted by molar-refractivity contribution is 0.264. The van der Waals surface area contributed by atoms with Gasteiger partial charge in [-0.15, -0.1) is 0 Å². The van der Waals surface area contributed by atoms with Crippen LogP contribution in [-0.2, 0) is 6.54 Å². The molecule has 1 fully saturated rings. The van der Waals surface area contributed by atoms with Crippen LogP contribution in [-0.4, -0.2) is 41.4 Å². The number of hydrogen-bond acceptors (Lipinski definition) is 8. The van der Waals surface area contributed by atoms with Gasteiger partial charge in [0.2, 0.25) is 17.6 Å². The number of aliphatic hydroxyl groups excluding tert-OH is 1. The Kier molecular flexibility index (Phi) is 7.36. The van der Waals surface area contributed by atoms with Gasteiger partial charge in [0.25, 0.3) is 0 Å². The minimum Gasteiger partial charge on any atom is -0.394 e. The van der Waals surface area contributed by atoms with Crippen LogP contribution in [0.1, 0.15) is 44.2 Å².